The molecule has 2 aromatic carbocycles. The summed E-state index contributed by atoms with van der Waals surface area (Å²) >= 11 is 0. The van der Waals surface area contributed by atoms with Gasteiger partial charge in [-0.05, 0) is 42.8 Å². The quantitative estimate of drug-likeness (QED) is 0.509. The number of amides is 1. The second kappa shape index (κ2) is 8.32. The van der Waals surface area contributed by atoms with Crippen molar-refractivity contribution in [3.05, 3.63) is 71.1 Å². The molecule has 30 heavy (non-hydrogen) atoms. The van der Waals surface area contributed by atoms with Crippen LogP contribution in [0.5, 0.6) is 11.5 Å². The van der Waals surface area contributed by atoms with Gasteiger partial charge in [0.05, 0.1) is 25.3 Å². The van der Waals surface area contributed by atoms with Crippen LogP contribution in [0.15, 0.2) is 65.6 Å². The molecule has 0 aliphatic carbocycles. The molecule has 2 aromatic heterocycles. The van der Waals surface area contributed by atoms with Gasteiger partial charge in [-0.2, -0.15) is 0 Å². The van der Waals surface area contributed by atoms with Gasteiger partial charge < -0.3 is 23.8 Å². The van der Waals surface area contributed by atoms with E-state index in [-0.39, 0.29) is 11.5 Å². The molecule has 0 atom stereocenters. The molecule has 0 unspecified atom stereocenters. The minimum absolute atomic E-state index is 0.0889. The normalized spacial score (nSPS) is 11.0. The van der Waals surface area contributed by atoms with E-state index in [0.717, 1.165) is 11.0 Å². The molecule has 4 aromatic rings. The van der Waals surface area contributed by atoms with E-state index in [4.69, 9.17) is 9.47 Å². The lowest BCUT2D eigenvalue weighted by molar-refractivity contribution is -0.116. The van der Waals surface area contributed by atoms with Gasteiger partial charge in [0.1, 0.15) is 17.0 Å². The third-order valence-electron chi connectivity index (χ3n) is 5.09. The van der Waals surface area contributed by atoms with Gasteiger partial charge in [-0.25, -0.2) is 0 Å². The van der Waals surface area contributed by atoms with Crippen LogP contribution >= 0.6 is 0 Å². The van der Waals surface area contributed by atoms with Gasteiger partial charge in [0.2, 0.25) is 5.91 Å². The van der Waals surface area contributed by atoms with Gasteiger partial charge in [0.15, 0.2) is 0 Å². The number of nitrogens with one attached hydrogen (secondary N) is 1. The van der Waals surface area contributed by atoms with Gasteiger partial charge in [-0.1, -0.05) is 6.07 Å². The number of carbonyl (C=O) groups excluding carboxylic acids is 1. The van der Waals surface area contributed by atoms with Crippen molar-refractivity contribution in [2.45, 2.75) is 19.4 Å². The van der Waals surface area contributed by atoms with Gasteiger partial charge in [-0.15, -0.1) is 0 Å². The third kappa shape index (κ3) is 3.74. The number of hydrogen-bond acceptors (Lipinski definition) is 4. The van der Waals surface area contributed by atoms with Crippen molar-refractivity contribution in [1.82, 2.24) is 8.97 Å². The summed E-state index contributed by atoms with van der Waals surface area (Å²) in [7, 11) is 3.18. The van der Waals surface area contributed by atoms with Crippen LogP contribution in [0.4, 0.5) is 5.69 Å². The standard InChI is InChI=1S/C23H23N3O4/c1-29-17-7-3-6-16(14-17)24-22(27)9-5-13-26-21-15-18(30-2)10-11-19(21)25-12-4-8-20(25)23(26)28/h3-4,6-8,10-12,14-15H,5,9,13H2,1-2H3,(H,24,27). The molecule has 0 saturated heterocycles. The van der Waals surface area contributed by atoms with Gasteiger partial charge in [0.25, 0.3) is 5.56 Å². The number of ether oxygens (including phenoxy) is 2. The summed E-state index contributed by atoms with van der Waals surface area (Å²) in [5, 5.41) is 2.87. The number of nitrogens with zero attached hydrogens (tertiary/aromatic N) is 2. The summed E-state index contributed by atoms with van der Waals surface area (Å²) in [6.07, 6.45) is 2.69. The Morgan fingerprint density at radius 1 is 0.933 bits per heavy atom. The minimum Gasteiger partial charge on any atom is -0.497 e. The Bertz CT molecular complexity index is 1270. The molecule has 154 valence electrons. The lowest BCUT2D eigenvalue weighted by Crippen LogP contribution is -2.23. The zero-order valence-corrected chi connectivity index (χ0v) is 16.9. The number of hydrogen-bond donors (Lipinski definition) is 1. The molecule has 2 heterocycles. The highest BCUT2D eigenvalue weighted by Crippen LogP contribution is 2.22. The zero-order valence-electron chi connectivity index (χ0n) is 16.9. The van der Waals surface area contributed by atoms with Crippen molar-refractivity contribution in [1.29, 1.82) is 0 Å². The van der Waals surface area contributed by atoms with Crippen molar-refractivity contribution < 1.29 is 14.3 Å². The molecule has 0 saturated carbocycles. The molecule has 7 heteroatoms. The summed E-state index contributed by atoms with van der Waals surface area (Å²) in [6.45, 7) is 0.426. The lowest BCUT2D eigenvalue weighted by atomic mass is 10.2. The first-order valence-electron chi connectivity index (χ1n) is 9.72. The number of fused-ring (bicyclic) bond motifs is 3. The van der Waals surface area contributed by atoms with Crippen molar-refractivity contribution in [2.75, 3.05) is 19.5 Å². The van der Waals surface area contributed by atoms with Crippen LogP contribution in [0.1, 0.15) is 12.8 Å². The Hall–Kier alpha value is -3.74. The van der Waals surface area contributed by atoms with Crippen LogP contribution in [-0.4, -0.2) is 29.1 Å². The average Bonchev–Trinajstić information content (AvgIpc) is 3.26. The van der Waals surface area contributed by atoms with E-state index in [1.54, 1.807) is 30.9 Å². The molecule has 0 radical (unpaired) electrons. The number of benzene rings is 2. The maximum Gasteiger partial charge on any atom is 0.275 e. The monoisotopic (exact) mass is 405 g/mol. The molecule has 1 N–H and O–H groups in total. The topological polar surface area (TPSA) is 74.0 Å². The van der Waals surface area contributed by atoms with E-state index >= 15 is 0 Å². The van der Waals surface area contributed by atoms with Gasteiger partial charge in [-0.3, -0.25) is 9.59 Å². The first kappa shape index (κ1) is 19.6. The van der Waals surface area contributed by atoms with Crippen LogP contribution in [0.2, 0.25) is 0 Å². The molecule has 4 rings (SSSR count). The Labute approximate surface area is 173 Å². The predicted molar refractivity (Wildman–Crippen MR) is 117 cm³/mol. The molecule has 0 spiro atoms. The van der Waals surface area contributed by atoms with Crippen molar-refractivity contribution >= 4 is 28.1 Å². The smallest absolute Gasteiger partial charge is 0.275 e. The molecule has 0 aliphatic rings. The van der Waals surface area contributed by atoms with Crippen LogP contribution in [0, 0.1) is 0 Å². The fourth-order valence-electron chi connectivity index (χ4n) is 3.61. The highest BCUT2D eigenvalue weighted by molar-refractivity contribution is 5.90. The van der Waals surface area contributed by atoms with Crippen LogP contribution in [0.3, 0.4) is 0 Å². The van der Waals surface area contributed by atoms with E-state index in [1.165, 1.54) is 0 Å². The first-order valence-corrected chi connectivity index (χ1v) is 9.72. The van der Waals surface area contributed by atoms with E-state index in [2.05, 4.69) is 5.32 Å². The lowest BCUT2D eigenvalue weighted by Gasteiger charge is -2.14. The first-order chi connectivity index (χ1) is 14.6. The van der Waals surface area contributed by atoms with Crippen molar-refractivity contribution in [2.24, 2.45) is 0 Å². The SMILES string of the molecule is COc1cccc(NC(=O)CCCn2c(=O)c3cccn3c3ccc(OC)cc32)c1. The fourth-order valence-corrected chi connectivity index (χ4v) is 3.61. The second-order valence-electron chi connectivity index (χ2n) is 6.96. The molecule has 0 aliphatic heterocycles. The summed E-state index contributed by atoms with van der Waals surface area (Å²) in [5.41, 5.74) is 2.89. The molecular weight excluding hydrogens is 382 g/mol. The largest absolute Gasteiger partial charge is 0.497 e. The van der Waals surface area contributed by atoms with E-state index < -0.39 is 0 Å². The Kier molecular flexibility index (Phi) is 5.43. The average molecular weight is 405 g/mol. The highest BCUT2D eigenvalue weighted by Gasteiger charge is 2.12. The second-order valence-corrected chi connectivity index (χ2v) is 6.96. The number of methoxy groups -OCH3 is 2. The Morgan fingerprint density at radius 2 is 1.73 bits per heavy atom. The zero-order chi connectivity index (χ0) is 21.1. The number of aromatic nitrogens is 2. The summed E-state index contributed by atoms with van der Waals surface area (Å²) in [5.74, 6) is 1.25. The van der Waals surface area contributed by atoms with Crippen LogP contribution in [0.25, 0.3) is 16.6 Å². The van der Waals surface area contributed by atoms with Crippen molar-refractivity contribution in [3.63, 3.8) is 0 Å². The summed E-state index contributed by atoms with van der Waals surface area (Å²) < 4.78 is 14.1. The van der Waals surface area contributed by atoms with E-state index in [1.807, 2.05) is 53.1 Å². The van der Waals surface area contributed by atoms with E-state index in [9.17, 15) is 9.59 Å². The molecule has 7 nitrogen and oxygen atoms in total. The molecule has 0 fully saturated rings. The number of aryl methyl sites for hydroxylation is 1. The van der Waals surface area contributed by atoms with Crippen molar-refractivity contribution in [3.8, 4) is 11.5 Å². The Balaban J connectivity index is 1.55. The highest BCUT2D eigenvalue weighted by atomic mass is 16.5. The number of carbonyl (C=O) groups is 1. The summed E-state index contributed by atoms with van der Waals surface area (Å²) in [4.78, 5) is 25.4. The Morgan fingerprint density at radius 3 is 2.53 bits per heavy atom. The summed E-state index contributed by atoms with van der Waals surface area (Å²) in [6, 6.07) is 16.5. The van der Waals surface area contributed by atoms with Crippen LogP contribution in [-0.2, 0) is 11.3 Å². The molecule has 1 amide bonds. The van der Waals surface area contributed by atoms with E-state index in [0.29, 0.717) is 42.1 Å². The molecular formula is C23H23N3O4. The predicted octanol–water partition coefficient (Wildman–Crippen LogP) is 3.69. The fraction of sp³-hybridized carbons (Fsp3) is 0.217. The molecule has 0 bridgehead atoms. The van der Waals surface area contributed by atoms with Gasteiger partial charge in [0, 0.05) is 37.0 Å². The third-order valence-corrected chi connectivity index (χ3v) is 5.09. The maximum atomic E-state index is 13.0. The number of anilines is 1. The maximum absolute atomic E-state index is 13.0. The minimum atomic E-state index is -0.109. The number of rotatable bonds is 7. The van der Waals surface area contributed by atoms with Gasteiger partial charge >= 0.3 is 0 Å². The van der Waals surface area contributed by atoms with Crippen LogP contribution < -0.4 is 20.3 Å².